The molecule has 0 aliphatic heterocycles. The summed E-state index contributed by atoms with van der Waals surface area (Å²) >= 11 is 0. The SMILES string of the molecule is NNCC1CCC1. The van der Waals surface area contributed by atoms with E-state index in [0.717, 1.165) is 12.5 Å². The van der Waals surface area contributed by atoms with Crippen LogP contribution in [0.25, 0.3) is 0 Å². The van der Waals surface area contributed by atoms with Gasteiger partial charge in [-0.15, -0.1) is 0 Å². The molecular weight excluding hydrogens is 88.1 g/mol. The lowest BCUT2D eigenvalue weighted by Crippen LogP contribution is -2.31. The van der Waals surface area contributed by atoms with Crippen LogP contribution in [0.5, 0.6) is 0 Å². The van der Waals surface area contributed by atoms with E-state index in [1.54, 1.807) is 0 Å². The fourth-order valence-electron chi connectivity index (χ4n) is 0.864. The van der Waals surface area contributed by atoms with Crippen LogP contribution < -0.4 is 11.3 Å². The normalized spacial score (nSPS) is 21.9. The summed E-state index contributed by atoms with van der Waals surface area (Å²) in [6.07, 6.45) is 4.17. The lowest BCUT2D eigenvalue weighted by Gasteiger charge is -2.24. The molecule has 0 radical (unpaired) electrons. The molecule has 0 bridgehead atoms. The quantitative estimate of drug-likeness (QED) is 0.385. The Morgan fingerprint density at radius 3 is 2.43 bits per heavy atom. The Kier molecular flexibility index (Phi) is 1.65. The van der Waals surface area contributed by atoms with E-state index in [0.29, 0.717) is 0 Å². The van der Waals surface area contributed by atoms with E-state index in [4.69, 9.17) is 5.84 Å². The van der Waals surface area contributed by atoms with E-state index in [9.17, 15) is 0 Å². The summed E-state index contributed by atoms with van der Waals surface area (Å²) in [5.74, 6) is 5.98. The van der Waals surface area contributed by atoms with Gasteiger partial charge in [0.2, 0.25) is 0 Å². The lowest BCUT2D eigenvalue weighted by atomic mass is 9.86. The molecule has 42 valence electrons. The molecule has 0 atom stereocenters. The first-order chi connectivity index (χ1) is 3.43. The molecule has 0 unspecified atom stereocenters. The van der Waals surface area contributed by atoms with Gasteiger partial charge in [0.25, 0.3) is 0 Å². The van der Waals surface area contributed by atoms with Gasteiger partial charge in [-0.25, -0.2) is 0 Å². The Labute approximate surface area is 44.1 Å². The van der Waals surface area contributed by atoms with Crippen molar-refractivity contribution < 1.29 is 0 Å². The predicted octanol–water partition coefficient (Wildman–Crippen LogP) is 0.250. The highest BCUT2D eigenvalue weighted by Crippen LogP contribution is 2.24. The van der Waals surface area contributed by atoms with E-state index < -0.39 is 0 Å². The smallest absolute Gasteiger partial charge is 0.0126 e. The molecule has 1 rings (SSSR count). The summed E-state index contributed by atoms with van der Waals surface area (Å²) in [6.45, 7) is 1.01. The number of hydrogen-bond donors (Lipinski definition) is 2. The molecule has 0 spiro atoms. The molecule has 0 aromatic carbocycles. The first kappa shape index (κ1) is 5.06. The van der Waals surface area contributed by atoms with Crippen molar-refractivity contribution in [3.63, 3.8) is 0 Å². The highest BCUT2D eigenvalue weighted by molar-refractivity contribution is 4.69. The Balaban J connectivity index is 1.93. The van der Waals surface area contributed by atoms with Crippen LogP contribution in [-0.4, -0.2) is 6.54 Å². The van der Waals surface area contributed by atoms with Crippen molar-refractivity contribution in [2.24, 2.45) is 11.8 Å². The van der Waals surface area contributed by atoms with Crippen molar-refractivity contribution in [2.45, 2.75) is 19.3 Å². The average Bonchev–Trinajstić information content (AvgIpc) is 1.55. The monoisotopic (exact) mass is 100 g/mol. The van der Waals surface area contributed by atoms with Gasteiger partial charge < -0.3 is 0 Å². The third-order valence-electron chi connectivity index (χ3n) is 1.63. The second-order valence-electron chi connectivity index (χ2n) is 2.21. The number of nitrogens with one attached hydrogen (secondary N) is 1. The van der Waals surface area contributed by atoms with E-state index in [2.05, 4.69) is 5.43 Å². The number of hydrogen-bond acceptors (Lipinski definition) is 2. The summed E-state index contributed by atoms with van der Waals surface area (Å²) < 4.78 is 0. The Morgan fingerprint density at radius 2 is 2.29 bits per heavy atom. The molecule has 3 N–H and O–H groups in total. The molecule has 0 saturated heterocycles. The molecule has 1 saturated carbocycles. The first-order valence-electron chi connectivity index (χ1n) is 2.87. The largest absolute Gasteiger partial charge is 0.271 e. The molecule has 2 heteroatoms. The maximum atomic E-state index is 5.09. The van der Waals surface area contributed by atoms with Crippen LogP contribution in [0.4, 0.5) is 0 Å². The van der Waals surface area contributed by atoms with Gasteiger partial charge in [0.05, 0.1) is 0 Å². The molecule has 0 aromatic heterocycles. The summed E-state index contributed by atoms with van der Waals surface area (Å²) in [5, 5.41) is 0. The molecule has 0 heterocycles. The fraction of sp³-hybridized carbons (Fsp3) is 1.00. The van der Waals surface area contributed by atoms with Gasteiger partial charge in [0.1, 0.15) is 0 Å². The van der Waals surface area contributed by atoms with Crippen molar-refractivity contribution in [2.75, 3.05) is 6.54 Å². The van der Waals surface area contributed by atoms with Gasteiger partial charge in [-0.1, -0.05) is 6.42 Å². The standard InChI is InChI=1S/C5H12N2/c6-7-4-5-2-1-3-5/h5,7H,1-4,6H2. The van der Waals surface area contributed by atoms with Crippen molar-refractivity contribution >= 4 is 0 Å². The van der Waals surface area contributed by atoms with E-state index >= 15 is 0 Å². The van der Waals surface area contributed by atoms with E-state index in [1.165, 1.54) is 19.3 Å². The van der Waals surface area contributed by atoms with Crippen LogP contribution in [0.2, 0.25) is 0 Å². The van der Waals surface area contributed by atoms with Crippen LogP contribution in [0.15, 0.2) is 0 Å². The zero-order chi connectivity index (χ0) is 5.11. The molecule has 7 heavy (non-hydrogen) atoms. The Bertz CT molecular complexity index is 50.0. The fourth-order valence-corrected chi connectivity index (χ4v) is 0.864. The number of nitrogens with two attached hydrogens (primary N) is 1. The Morgan fingerprint density at radius 1 is 1.57 bits per heavy atom. The molecule has 2 nitrogen and oxygen atoms in total. The lowest BCUT2D eigenvalue weighted by molar-refractivity contribution is 0.303. The number of rotatable bonds is 2. The van der Waals surface area contributed by atoms with Gasteiger partial charge in [0, 0.05) is 6.54 Å². The minimum absolute atomic E-state index is 0.894. The van der Waals surface area contributed by atoms with Crippen molar-refractivity contribution in [3.05, 3.63) is 0 Å². The van der Waals surface area contributed by atoms with Crippen LogP contribution in [0.3, 0.4) is 0 Å². The van der Waals surface area contributed by atoms with Gasteiger partial charge in [0.15, 0.2) is 0 Å². The molecule has 0 aromatic rings. The topological polar surface area (TPSA) is 38.0 Å². The first-order valence-corrected chi connectivity index (χ1v) is 2.87. The third-order valence-corrected chi connectivity index (χ3v) is 1.63. The summed E-state index contributed by atoms with van der Waals surface area (Å²) in [5.41, 5.74) is 2.67. The highest BCUT2D eigenvalue weighted by atomic mass is 15.2. The minimum atomic E-state index is 0.894. The number of hydrazine groups is 1. The Hall–Kier alpha value is -0.0800. The predicted molar refractivity (Wildman–Crippen MR) is 29.5 cm³/mol. The second kappa shape index (κ2) is 2.28. The zero-order valence-corrected chi connectivity index (χ0v) is 4.48. The molecule has 1 aliphatic carbocycles. The van der Waals surface area contributed by atoms with Crippen molar-refractivity contribution in [3.8, 4) is 0 Å². The van der Waals surface area contributed by atoms with E-state index in [-0.39, 0.29) is 0 Å². The second-order valence-corrected chi connectivity index (χ2v) is 2.21. The zero-order valence-electron chi connectivity index (χ0n) is 4.48. The molecule has 1 fully saturated rings. The molecule has 1 aliphatic rings. The highest BCUT2D eigenvalue weighted by Gasteiger charge is 2.15. The third kappa shape index (κ3) is 1.14. The molecular formula is C5H12N2. The summed E-state index contributed by atoms with van der Waals surface area (Å²) in [4.78, 5) is 0. The van der Waals surface area contributed by atoms with Crippen molar-refractivity contribution in [1.29, 1.82) is 0 Å². The van der Waals surface area contributed by atoms with E-state index in [1.807, 2.05) is 0 Å². The van der Waals surface area contributed by atoms with Crippen molar-refractivity contribution in [1.82, 2.24) is 5.43 Å². The van der Waals surface area contributed by atoms with Crippen LogP contribution >= 0.6 is 0 Å². The van der Waals surface area contributed by atoms with Crippen LogP contribution in [0.1, 0.15) is 19.3 Å². The molecule has 0 amide bonds. The van der Waals surface area contributed by atoms with Crippen LogP contribution in [-0.2, 0) is 0 Å². The van der Waals surface area contributed by atoms with Gasteiger partial charge in [-0.05, 0) is 18.8 Å². The minimum Gasteiger partial charge on any atom is -0.271 e. The maximum Gasteiger partial charge on any atom is 0.0126 e. The maximum absolute atomic E-state index is 5.09. The summed E-state index contributed by atoms with van der Waals surface area (Å²) in [7, 11) is 0. The van der Waals surface area contributed by atoms with Gasteiger partial charge in [-0.3, -0.25) is 11.3 Å². The summed E-state index contributed by atoms with van der Waals surface area (Å²) in [6, 6.07) is 0. The van der Waals surface area contributed by atoms with Gasteiger partial charge >= 0.3 is 0 Å². The van der Waals surface area contributed by atoms with Crippen LogP contribution in [0, 0.1) is 5.92 Å². The average molecular weight is 100 g/mol. The van der Waals surface area contributed by atoms with Gasteiger partial charge in [-0.2, -0.15) is 0 Å².